The van der Waals surface area contributed by atoms with Crippen LogP contribution in [0.2, 0.25) is 0 Å². The molecule has 2 aromatic rings. The van der Waals surface area contributed by atoms with Crippen LogP contribution in [0.1, 0.15) is 18.7 Å². The van der Waals surface area contributed by atoms with Gasteiger partial charge in [0.1, 0.15) is 5.82 Å². The van der Waals surface area contributed by atoms with E-state index in [9.17, 15) is 4.39 Å². The van der Waals surface area contributed by atoms with Gasteiger partial charge in [0.25, 0.3) is 0 Å². The quantitative estimate of drug-likeness (QED) is 0.738. The third-order valence-electron chi connectivity index (χ3n) is 2.14. The van der Waals surface area contributed by atoms with Crippen LogP contribution in [-0.2, 0) is 0 Å². The van der Waals surface area contributed by atoms with Crippen LogP contribution in [0.4, 0.5) is 10.3 Å². The van der Waals surface area contributed by atoms with Gasteiger partial charge in [0.15, 0.2) is 0 Å². The Morgan fingerprint density at radius 2 is 2.07 bits per heavy atom. The van der Waals surface area contributed by atoms with Crippen molar-refractivity contribution in [3.8, 4) is 0 Å². The van der Waals surface area contributed by atoms with Gasteiger partial charge in [-0.3, -0.25) is 0 Å². The average molecular weight is 206 g/mol. The Hall–Kier alpha value is -1.75. The Labute approximate surface area is 86.1 Å². The van der Waals surface area contributed by atoms with Crippen molar-refractivity contribution >= 4 is 16.9 Å². The van der Waals surface area contributed by atoms with E-state index in [1.807, 2.05) is 0 Å². The number of anilines is 1. The summed E-state index contributed by atoms with van der Waals surface area (Å²) < 4.78 is 13.0. The minimum Gasteiger partial charge on any atom is -0.368 e. The van der Waals surface area contributed by atoms with Crippen LogP contribution in [0.15, 0.2) is 18.2 Å². The lowest BCUT2D eigenvalue weighted by molar-refractivity contribution is 0.629. The zero-order chi connectivity index (χ0) is 11.0. The number of fused-ring (bicyclic) bond motifs is 1. The molecule has 78 valence electrons. The van der Waals surface area contributed by atoms with E-state index < -0.39 is 0 Å². The molecule has 1 aromatic heterocycles. The summed E-state index contributed by atoms with van der Waals surface area (Å²) in [6.07, 6.45) is 0. The zero-order valence-corrected chi connectivity index (χ0v) is 8.24. The highest BCUT2D eigenvalue weighted by Crippen LogP contribution is 2.21. The molecule has 4 nitrogen and oxygen atoms in total. The first-order valence-corrected chi connectivity index (χ1v) is 4.56. The van der Waals surface area contributed by atoms with E-state index >= 15 is 0 Å². The van der Waals surface area contributed by atoms with Gasteiger partial charge in [-0.25, -0.2) is 14.4 Å². The molecule has 0 saturated carbocycles. The van der Waals surface area contributed by atoms with Crippen LogP contribution in [0.3, 0.4) is 0 Å². The molecule has 0 radical (unpaired) electrons. The first-order valence-electron chi connectivity index (χ1n) is 4.56. The van der Waals surface area contributed by atoms with Crippen LogP contribution in [0.25, 0.3) is 10.9 Å². The molecule has 1 aromatic carbocycles. The normalized spacial score (nSPS) is 13.0. The highest BCUT2D eigenvalue weighted by atomic mass is 19.1. The van der Waals surface area contributed by atoms with Gasteiger partial charge in [0.05, 0.1) is 11.2 Å². The molecule has 1 heterocycles. The molecule has 1 unspecified atom stereocenters. The highest BCUT2D eigenvalue weighted by Gasteiger charge is 2.10. The van der Waals surface area contributed by atoms with Crippen molar-refractivity contribution < 1.29 is 4.39 Å². The van der Waals surface area contributed by atoms with Gasteiger partial charge >= 0.3 is 0 Å². The molecule has 0 saturated heterocycles. The molecular weight excluding hydrogens is 195 g/mol. The molecule has 0 aliphatic heterocycles. The number of halogens is 1. The first-order chi connectivity index (χ1) is 7.08. The molecule has 15 heavy (non-hydrogen) atoms. The number of hydrogen-bond donors (Lipinski definition) is 2. The van der Waals surface area contributed by atoms with Crippen molar-refractivity contribution in [2.45, 2.75) is 13.0 Å². The summed E-state index contributed by atoms with van der Waals surface area (Å²) >= 11 is 0. The third kappa shape index (κ3) is 1.73. The lowest BCUT2D eigenvalue weighted by atomic mass is 10.1. The van der Waals surface area contributed by atoms with Crippen molar-refractivity contribution in [1.29, 1.82) is 0 Å². The second-order valence-corrected chi connectivity index (χ2v) is 3.42. The number of nitrogens with two attached hydrogens (primary N) is 2. The van der Waals surface area contributed by atoms with Gasteiger partial charge in [-0.1, -0.05) is 0 Å². The lowest BCUT2D eigenvalue weighted by Crippen LogP contribution is -2.10. The van der Waals surface area contributed by atoms with Gasteiger partial charge in [0, 0.05) is 17.5 Å². The van der Waals surface area contributed by atoms with E-state index in [0.717, 1.165) is 5.39 Å². The van der Waals surface area contributed by atoms with E-state index in [-0.39, 0.29) is 17.8 Å². The van der Waals surface area contributed by atoms with E-state index in [2.05, 4.69) is 9.97 Å². The summed E-state index contributed by atoms with van der Waals surface area (Å²) in [4.78, 5) is 8.00. The minimum atomic E-state index is -0.351. The first kappa shape index (κ1) is 9.79. The summed E-state index contributed by atoms with van der Waals surface area (Å²) in [6.45, 7) is 1.80. The van der Waals surface area contributed by atoms with Gasteiger partial charge < -0.3 is 11.5 Å². The van der Waals surface area contributed by atoms with Crippen LogP contribution < -0.4 is 11.5 Å². The van der Waals surface area contributed by atoms with E-state index in [1.54, 1.807) is 13.0 Å². The maximum atomic E-state index is 13.0. The van der Waals surface area contributed by atoms with Crippen molar-refractivity contribution in [1.82, 2.24) is 9.97 Å². The largest absolute Gasteiger partial charge is 0.368 e. The van der Waals surface area contributed by atoms with Gasteiger partial charge in [-0.2, -0.15) is 0 Å². The van der Waals surface area contributed by atoms with Crippen molar-refractivity contribution in [2.24, 2.45) is 5.73 Å². The molecule has 1 atom stereocenters. The summed E-state index contributed by atoms with van der Waals surface area (Å²) in [5, 5.41) is 0.737. The lowest BCUT2D eigenvalue weighted by Gasteiger charge is -2.09. The minimum absolute atomic E-state index is 0.111. The molecule has 4 N–H and O–H groups in total. The Balaban J connectivity index is 2.80. The molecule has 0 spiro atoms. The molecule has 0 aliphatic carbocycles. The van der Waals surface area contributed by atoms with E-state index in [1.165, 1.54) is 12.1 Å². The fourth-order valence-electron chi connectivity index (χ4n) is 1.49. The maximum Gasteiger partial charge on any atom is 0.220 e. The van der Waals surface area contributed by atoms with E-state index in [0.29, 0.717) is 11.2 Å². The third-order valence-corrected chi connectivity index (χ3v) is 2.14. The van der Waals surface area contributed by atoms with Gasteiger partial charge in [-0.05, 0) is 19.1 Å². The van der Waals surface area contributed by atoms with Gasteiger partial charge in [0.2, 0.25) is 5.95 Å². The van der Waals surface area contributed by atoms with Crippen LogP contribution >= 0.6 is 0 Å². The fourth-order valence-corrected chi connectivity index (χ4v) is 1.49. The van der Waals surface area contributed by atoms with Crippen LogP contribution in [0.5, 0.6) is 0 Å². The predicted octanol–water partition coefficient (Wildman–Crippen LogP) is 1.37. The Morgan fingerprint density at radius 3 is 2.73 bits per heavy atom. The summed E-state index contributed by atoms with van der Waals surface area (Å²) in [5.74, 6) is -0.239. The summed E-state index contributed by atoms with van der Waals surface area (Å²) in [6, 6.07) is 4.03. The topological polar surface area (TPSA) is 77.8 Å². The molecule has 0 aliphatic rings. The summed E-state index contributed by atoms with van der Waals surface area (Å²) in [7, 11) is 0. The smallest absolute Gasteiger partial charge is 0.220 e. The molecule has 0 bridgehead atoms. The average Bonchev–Trinajstić information content (AvgIpc) is 2.15. The monoisotopic (exact) mass is 206 g/mol. The second-order valence-electron chi connectivity index (χ2n) is 3.42. The maximum absolute atomic E-state index is 13.0. The van der Waals surface area contributed by atoms with Crippen molar-refractivity contribution in [3.63, 3.8) is 0 Å². The fraction of sp³-hybridized carbons (Fsp3) is 0.200. The number of hydrogen-bond acceptors (Lipinski definition) is 4. The number of nitrogens with zero attached hydrogens (tertiary/aromatic N) is 2. The Morgan fingerprint density at radius 1 is 1.33 bits per heavy atom. The van der Waals surface area contributed by atoms with Crippen molar-refractivity contribution in [2.75, 3.05) is 5.73 Å². The molecule has 0 amide bonds. The zero-order valence-electron chi connectivity index (χ0n) is 8.24. The highest BCUT2D eigenvalue weighted by molar-refractivity contribution is 5.82. The van der Waals surface area contributed by atoms with Crippen molar-refractivity contribution in [3.05, 3.63) is 29.7 Å². The molecule has 2 rings (SSSR count). The van der Waals surface area contributed by atoms with Crippen LogP contribution in [-0.4, -0.2) is 9.97 Å². The van der Waals surface area contributed by atoms with E-state index in [4.69, 9.17) is 11.5 Å². The molecule has 0 fully saturated rings. The number of aromatic nitrogens is 2. The predicted molar refractivity (Wildman–Crippen MR) is 56.5 cm³/mol. The standard InChI is InChI=1S/C10H11FN4/c1-5(12)9-7-3-2-6(11)4-8(7)14-10(13)15-9/h2-5H,12H2,1H3,(H2,13,14,15). The Bertz CT molecular complexity index is 505. The number of rotatable bonds is 1. The molecular formula is C10H11FN4. The summed E-state index contributed by atoms with van der Waals surface area (Å²) in [5.41, 5.74) is 12.4. The molecule has 5 heteroatoms. The number of nitrogen functional groups attached to an aromatic ring is 1. The SMILES string of the molecule is CC(N)c1nc(N)nc2cc(F)ccc12. The second kappa shape index (κ2) is 3.43. The van der Waals surface area contributed by atoms with Gasteiger partial charge in [-0.15, -0.1) is 0 Å². The van der Waals surface area contributed by atoms with Crippen LogP contribution in [0, 0.1) is 5.82 Å². The number of benzene rings is 1. The Kier molecular flexibility index (Phi) is 2.24.